The van der Waals surface area contributed by atoms with Gasteiger partial charge in [-0.15, -0.1) is 0 Å². The minimum Gasteiger partial charge on any atom is -0.456 e. The molecule has 35 heavy (non-hydrogen) atoms. The minimum atomic E-state index is -0.588. The Bertz CT molecular complexity index is 1070. The Kier molecular flexibility index (Phi) is 5.85. The Morgan fingerprint density at radius 3 is 2.11 bits per heavy atom. The molecule has 1 saturated carbocycles. The van der Waals surface area contributed by atoms with Gasteiger partial charge in [-0.2, -0.15) is 0 Å². The Morgan fingerprint density at radius 2 is 1.51 bits per heavy atom. The molecule has 2 aliphatic carbocycles. The fraction of sp³-hybridized carbons (Fsp3) is 0.467. The number of carbonyl (C=O) groups excluding carboxylic acids is 2. The van der Waals surface area contributed by atoms with Crippen molar-refractivity contribution in [3.8, 4) is 0 Å². The van der Waals surface area contributed by atoms with Crippen molar-refractivity contribution in [2.75, 3.05) is 6.61 Å². The van der Waals surface area contributed by atoms with E-state index in [1.165, 1.54) is 11.1 Å². The Hall–Kier alpha value is -2.76. The number of benzene rings is 2. The van der Waals surface area contributed by atoms with Crippen LogP contribution in [0.4, 0.5) is 0 Å². The average Bonchev–Trinajstić information content (AvgIpc) is 3.58. The summed E-state index contributed by atoms with van der Waals surface area (Å²) >= 11 is 0. The maximum atomic E-state index is 13.8. The second-order valence-electron chi connectivity index (χ2n) is 10.8. The van der Waals surface area contributed by atoms with E-state index in [0.717, 1.165) is 25.7 Å². The van der Waals surface area contributed by atoms with Gasteiger partial charge in [0.1, 0.15) is 5.78 Å². The zero-order valence-corrected chi connectivity index (χ0v) is 20.0. The number of carbonyl (C=O) groups is 2. The van der Waals surface area contributed by atoms with Gasteiger partial charge in [-0.05, 0) is 55.6 Å². The fourth-order valence-electron chi connectivity index (χ4n) is 7.09. The van der Waals surface area contributed by atoms with E-state index in [2.05, 4.69) is 60.7 Å². The van der Waals surface area contributed by atoms with E-state index in [0.29, 0.717) is 6.61 Å². The average molecular weight is 473 g/mol. The van der Waals surface area contributed by atoms with Gasteiger partial charge < -0.3 is 14.2 Å². The van der Waals surface area contributed by atoms with Crippen molar-refractivity contribution in [3.63, 3.8) is 0 Å². The second-order valence-corrected chi connectivity index (χ2v) is 10.8. The highest BCUT2D eigenvalue weighted by Crippen LogP contribution is 2.51. The first-order chi connectivity index (χ1) is 17.0. The molecule has 4 bridgehead atoms. The third kappa shape index (κ3) is 4.15. The third-order valence-corrected chi connectivity index (χ3v) is 8.50. The predicted molar refractivity (Wildman–Crippen MR) is 130 cm³/mol. The summed E-state index contributed by atoms with van der Waals surface area (Å²) in [6.45, 7) is 2.11. The summed E-state index contributed by atoms with van der Waals surface area (Å²) in [4.78, 5) is 26.3. The van der Waals surface area contributed by atoms with E-state index in [9.17, 15) is 9.59 Å². The number of ketones is 1. The van der Waals surface area contributed by atoms with Crippen LogP contribution in [0.25, 0.3) is 0 Å². The first-order valence-corrected chi connectivity index (χ1v) is 12.8. The lowest BCUT2D eigenvalue weighted by atomic mass is 9.67. The molecule has 2 aromatic rings. The lowest BCUT2D eigenvalue weighted by Gasteiger charge is -2.46. The van der Waals surface area contributed by atoms with Crippen LogP contribution >= 0.6 is 0 Å². The van der Waals surface area contributed by atoms with Crippen molar-refractivity contribution in [1.82, 2.24) is 0 Å². The molecule has 182 valence electrons. The van der Waals surface area contributed by atoms with Crippen LogP contribution in [0, 0.1) is 29.1 Å². The van der Waals surface area contributed by atoms with E-state index in [-0.39, 0.29) is 41.0 Å². The molecule has 2 aromatic carbocycles. The molecule has 2 saturated heterocycles. The first-order valence-electron chi connectivity index (χ1n) is 12.8. The molecule has 0 amide bonds. The topological polar surface area (TPSA) is 61.8 Å². The molecule has 7 atom stereocenters. The van der Waals surface area contributed by atoms with Crippen molar-refractivity contribution in [1.29, 1.82) is 0 Å². The normalized spacial score (nSPS) is 34.1. The maximum Gasteiger partial charge on any atom is 0.310 e. The number of rotatable bonds is 7. The van der Waals surface area contributed by atoms with Crippen LogP contribution in [-0.4, -0.2) is 36.9 Å². The van der Waals surface area contributed by atoms with Gasteiger partial charge in [0.05, 0.1) is 18.6 Å². The minimum absolute atomic E-state index is 0.0160. The molecular formula is C30H32O5. The summed E-state index contributed by atoms with van der Waals surface area (Å²) in [5.41, 5.74) is 2.03. The summed E-state index contributed by atoms with van der Waals surface area (Å²) in [6.07, 6.45) is 6.16. The number of hydrogen-bond donors (Lipinski definition) is 0. The molecule has 0 radical (unpaired) electrons. The van der Waals surface area contributed by atoms with Crippen LogP contribution in [0.5, 0.6) is 0 Å². The van der Waals surface area contributed by atoms with Gasteiger partial charge in [0, 0.05) is 11.3 Å². The number of hydrogen-bond acceptors (Lipinski definition) is 5. The third-order valence-electron chi connectivity index (χ3n) is 8.50. The number of fused-ring (bicyclic) bond motifs is 4. The molecule has 0 N–H and O–H groups in total. The highest BCUT2D eigenvalue weighted by atomic mass is 16.7. The van der Waals surface area contributed by atoms with E-state index >= 15 is 0 Å². The summed E-state index contributed by atoms with van der Waals surface area (Å²) in [5, 5.41) is 0. The van der Waals surface area contributed by atoms with Gasteiger partial charge in [-0.3, -0.25) is 9.59 Å². The van der Waals surface area contributed by atoms with Crippen molar-refractivity contribution >= 4 is 11.8 Å². The maximum absolute atomic E-state index is 13.8. The smallest absolute Gasteiger partial charge is 0.310 e. The Balaban J connectivity index is 1.35. The van der Waals surface area contributed by atoms with E-state index < -0.39 is 18.3 Å². The zero-order valence-electron chi connectivity index (χ0n) is 20.0. The van der Waals surface area contributed by atoms with Gasteiger partial charge in [-0.25, -0.2) is 0 Å². The monoisotopic (exact) mass is 472 g/mol. The van der Waals surface area contributed by atoms with Crippen LogP contribution < -0.4 is 0 Å². The molecule has 4 unspecified atom stereocenters. The fourth-order valence-corrected chi connectivity index (χ4v) is 7.09. The molecule has 6 rings (SSSR count). The summed E-state index contributed by atoms with van der Waals surface area (Å²) in [6, 6.07) is 20.8. The second kappa shape index (κ2) is 9.03. The lowest BCUT2D eigenvalue weighted by Crippen LogP contribution is -2.54. The predicted octanol–water partition coefficient (Wildman–Crippen LogP) is 4.54. The van der Waals surface area contributed by atoms with Crippen LogP contribution in [0.15, 0.2) is 72.8 Å². The molecule has 4 aliphatic rings. The molecule has 2 aliphatic heterocycles. The molecule has 0 aromatic heterocycles. The molecule has 3 fully saturated rings. The molecule has 5 heteroatoms. The largest absolute Gasteiger partial charge is 0.456 e. The molecular weight excluding hydrogens is 440 g/mol. The number of Topliss-reactive ketones (excluding diaryl/α,β-unsaturated/α-hetero) is 1. The van der Waals surface area contributed by atoms with E-state index in [1.807, 2.05) is 12.1 Å². The van der Waals surface area contributed by atoms with Gasteiger partial charge >= 0.3 is 5.97 Å². The quantitative estimate of drug-likeness (QED) is 0.437. The van der Waals surface area contributed by atoms with Gasteiger partial charge in [0.2, 0.25) is 0 Å². The summed E-state index contributed by atoms with van der Waals surface area (Å²) < 4.78 is 18.6. The SMILES string of the molecule is CC(=O)C1C2C=CC(C2)C1C(=O)O[C@@H]1[C@@H]2OC[C@H](CC1(Cc1ccccc1)Cc1ccccc1)O2. The standard InChI is InChI=1S/C30H32O5/c1-19(31)25-22-12-13-23(14-22)26(25)28(32)35-27-29-33-18-24(34-29)17-30(27,15-20-8-4-2-5-9-20)16-21-10-6-3-7-11-21/h2-13,22-27,29H,14-18H2,1H3/t22?,23?,24-,25?,26?,27+,29+/m0/s1. The molecule has 2 heterocycles. The van der Waals surface area contributed by atoms with Crippen molar-refractivity contribution < 1.29 is 23.8 Å². The first kappa shape index (κ1) is 22.7. The van der Waals surface area contributed by atoms with Crippen LogP contribution in [-0.2, 0) is 36.6 Å². The van der Waals surface area contributed by atoms with Gasteiger partial charge in [-0.1, -0.05) is 72.8 Å². The molecule has 0 spiro atoms. The highest BCUT2D eigenvalue weighted by Gasteiger charge is 2.58. The van der Waals surface area contributed by atoms with E-state index in [1.54, 1.807) is 6.92 Å². The van der Waals surface area contributed by atoms with Crippen LogP contribution in [0.1, 0.15) is 30.9 Å². The Labute approximate surface area is 206 Å². The van der Waals surface area contributed by atoms with Crippen molar-refractivity contribution in [3.05, 3.63) is 83.9 Å². The number of allylic oxidation sites excluding steroid dienone is 2. The summed E-state index contributed by atoms with van der Waals surface area (Å²) in [7, 11) is 0. The number of esters is 1. The molecule has 5 nitrogen and oxygen atoms in total. The van der Waals surface area contributed by atoms with Gasteiger partial charge in [0.25, 0.3) is 0 Å². The van der Waals surface area contributed by atoms with Crippen LogP contribution in [0.2, 0.25) is 0 Å². The van der Waals surface area contributed by atoms with E-state index in [4.69, 9.17) is 14.2 Å². The zero-order chi connectivity index (χ0) is 24.0. The highest BCUT2D eigenvalue weighted by molar-refractivity contribution is 5.87. The van der Waals surface area contributed by atoms with Crippen molar-refractivity contribution in [2.24, 2.45) is 29.1 Å². The van der Waals surface area contributed by atoms with Crippen LogP contribution in [0.3, 0.4) is 0 Å². The Morgan fingerprint density at radius 1 is 0.914 bits per heavy atom. The number of ether oxygens (including phenoxy) is 3. The van der Waals surface area contributed by atoms with Gasteiger partial charge in [0.15, 0.2) is 12.4 Å². The lowest BCUT2D eigenvalue weighted by molar-refractivity contribution is -0.227. The van der Waals surface area contributed by atoms with Crippen molar-refractivity contribution in [2.45, 2.75) is 51.1 Å². The summed E-state index contributed by atoms with van der Waals surface area (Å²) in [5.74, 6) is -0.718.